The molecular formula is C27H30N2O2S. The van der Waals surface area contributed by atoms with Gasteiger partial charge in [-0.05, 0) is 61.3 Å². The average molecular weight is 447 g/mol. The van der Waals surface area contributed by atoms with Crippen molar-refractivity contribution in [3.8, 4) is 5.75 Å². The average Bonchev–Trinajstić information content (AvgIpc) is 3.23. The van der Waals surface area contributed by atoms with E-state index >= 15 is 0 Å². The second kappa shape index (κ2) is 9.37. The van der Waals surface area contributed by atoms with Crippen molar-refractivity contribution >= 4 is 17.4 Å². The lowest BCUT2D eigenvalue weighted by Crippen LogP contribution is -2.46. The molecule has 1 aliphatic heterocycles. The van der Waals surface area contributed by atoms with E-state index in [4.69, 9.17) is 4.74 Å². The first-order valence-electron chi connectivity index (χ1n) is 11.6. The lowest BCUT2D eigenvalue weighted by molar-refractivity contribution is 0.180. The summed E-state index contributed by atoms with van der Waals surface area (Å²) in [6.07, 6.45) is 6.68. The summed E-state index contributed by atoms with van der Waals surface area (Å²) in [6.45, 7) is 1.36. The zero-order valence-corrected chi connectivity index (χ0v) is 19.4. The van der Waals surface area contributed by atoms with Crippen molar-refractivity contribution < 1.29 is 9.53 Å². The molecule has 2 amide bonds. The fourth-order valence-corrected chi connectivity index (χ4v) is 6.71. The quantitative estimate of drug-likeness (QED) is 0.559. The smallest absolute Gasteiger partial charge is 0.318 e. The summed E-state index contributed by atoms with van der Waals surface area (Å²) in [6, 6.07) is 18.4. The predicted molar refractivity (Wildman–Crippen MR) is 130 cm³/mol. The minimum Gasteiger partial charge on any atom is -0.496 e. The van der Waals surface area contributed by atoms with Gasteiger partial charge in [0.15, 0.2) is 0 Å². The Morgan fingerprint density at radius 2 is 1.81 bits per heavy atom. The van der Waals surface area contributed by atoms with Gasteiger partial charge in [-0.1, -0.05) is 48.5 Å². The summed E-state index contributed by atoms with van der Waals surface area (Å²) in [5, 5.41) is 3.18. The minimum absolute atomic E-state index is 0.00820. The van der Waals surface area contributed by atoms with Gasteiger partial charge >= 0.3 is 6.03 Å². The molecule has 0 saturated heterocycles. The number of methoxy groups -OCH3 is 1. The van der Waals surface area contributed by atoms with Gasteiger partial charge in [-0.2, -0.15) is 0 Å². The second-order valence-corrected chi connectivity index (χ2v) is 9.75. The van der Waals surface area contributed by atoms with Crippen LogP contribution in [-0.2, 0) is 25.7 Å². The largest absolute Gasteiger partial charge is 0.496 e. The van der Waals surface area contributed by atoms with Gasteiger partial charge < -0.3 is 15.0 Å². The summed E-state index contributed by atoms with van der Waals surface area (Å²) in [5.41, 5.74) is 5.38. The maximum absolute atomic E-state index is 13.4. The molecule has 5 rings (SSSR count). The normalized spacial score (nSPS) is 17.4. The first-order chi connectivity index (χ1) is 15.8. The fourth-order valence-electron chi connectivity index (χ4n) is 5.13. The Labute approximate surface area is 194 Å². The molecule has 4 nitrogen and oxygen atoms in total. The number of aryl methyl sites for hydroxylation is 1. The molecule has 3 aromatic rings. The van der Waals surface area contributed by atoms with E-state index < -0.39 is 0 Å². The summed E-state index contributed by atoms with van der Waals surface area (Å²) >= 11 is 1.92. The van der Waals surface area contributed by atoms with Gasteiger partial charge in [-0.15, -0.1) is 11.3 Å². The summed E-state index contributed by atoms with van der Waals surface area (Å²) < 4.78 is 5.73. The molecule has 1 atom stereocenters. The maximum atomic E-state index is 13.4. The number of carbonyl (C=O) groups is 1. The third-order valence-electron chi connectivity index (χ3n) is 6.70. The zero-order chi connectivity index (χ0) is 21.9. The number of fused-ring (bicyclic) bond motifs is 3. The number of para-hydroxylation sites is 1. The number of nitrogens with one attached hydrogen (secondary N) is 1. The second-order valence-electron chi connectivity index (χ2n) is 8.61. The fraction of sp³-hybridized carbons (Fsp3) is 0.370. The number of amides is 2. The molecule has 0 radical (unpaired) electrons. The van der Waals surface area contributed by atoms with Gasteiger partial charge in [0.2, 0.25) is 0 Å². The number of benzene rings is 2. The van der Waals surface area contributed by atoms with Gasteiger partial charge in [-0.3, -0.25) is 0 Å². The van der Waals surface area contributed by atoms with Crippen LogP contribution in [0.5, 0.6) is 5.75 Å². The van der Waals surface area contributed by atoms with Crippen LogP contribution in [0.15, 0.2) is 54.6 Å². The Bertz CT molecular complexity index is 1090. The van der Waals surface area contributed by atoms with E-state index in [2.05, 4.69) is 23.5 Å². The Balaban J connectivity index is 1.45. The van der Waals surface area contributed by atoms with Crippen LogP contribution in [0, 0.1) is 0 Å². The predicted octanol–water partition coefficient (Wildman–Crippen LogP) is 5.54. The van der Waals surface area contributed by atoms with Crippen molar-refractivity contribution in [2.75, 3.05) is 20.2 Å². The van der Waals surface area contributed by atoms with Gasteiger partial charge in [0.1, 0.15) is 5.75 Å². The molecule has 2 heterocycles. The topological polar surface area (TPSA) is 41.6 Å². The molecule has 1 N–H and O–H groups in total. The molecule has 1 aliphatic carbocycles. The highest BCUT2D eigenvalue weighted by molar-refractivity contribution is 7.12. The maximum Gasteiger partial charge on any atom is 0.318 e. The van der Waals surface area contributed by atoms with Crippen molar-refractivity contribution in [2.24, 2.45) is 0 Å². The number of urea groups is 1. The van der Waals surface area contributed by atoms with Gasteiger partial charge in [0.05, 0.1) is 13.2 Å². The first-order valence-corrected chi connectivity index (χ1v) is 12.4. The van der Waals surface area contributed by atoms with E-state index in [1.807, 2.05) is 52.6 Å². The van der Waals surface area contributed by atoms with Crippen molar-refractivity contribution in [2.45, 2.75) is 44.6 Å². The molecule has 2 aliphatic rings. The van der Waals surface area contributed by atoms with Crippen LogP contribution in [-0.4, -0.2) is 31.1 Å². The number of nitrogens with zero attached hydrogens (tertiary/aromatic N) is 1. The molecule has 0 bridgehead atoms. The molecule has 1 aromatic heterocycles. The van der Waals surface area contributed by atoms with E-state index in [-0.39, 0.29) is 12.1 Å². The first kappa shape index (κ1) is 21.1. The molecule has 5 heteroatoms. The Hall–Kier alpha value is -2.79. The van der Waals surface area contributed by atoms with Gasteiger partial charge in [0, 0.05) is 28.4 Å². The lowest BCUT2D eigenvalue weighted by Gasteiger charge is -2.37. The lowest BCUT2D eigenvalue weighted by atomic mass is 9.88. The van der Waals surface area contributed by atoms with Crippen molar-refractivity contribution in [3.63, 3.8) is 0 Å². The standard InChI is InChI=1S/C27H30N2O2S/c1-31-23-13-7-5-12-22(23)25-26-21(20-11-6-8-14-24(20)32-26)16-18-29(25)27(30)28-17-15-19-9-3-2-4-10-19/h2-5,7,9-10,12-13,25H,6,8,11,14-18H2,1H3,(H,28,30)/t25-/m1/s1. The molecule has 0 fully saturated rings. The zero-order valence-electron chi connectivity index (χ0n) is 18.6. The molecule has 32 heavy (non-hydrogen) atoms. The Morgan fingerprint density at radius 1 is 1.03 bits per heavy atom. The van der Waals surface area contributed by atoms with Gasteiger partial charge in [0.25, 0.3) is 0 Å². The van der Waals surface area contributed by atoms with Crippen LogP contribution in [0.2, 0.25) is 0 Å². The van der Waals surface area contributed by atoms with E-state index in [1.165, 1.54) is 46.6 Å². The number of carbonyl (C=O) groups excluding carboxylic acids is 1. The van der Waals surface area contributed by atoms with Crippen molar-refractivity contribution in [1.82, 2.24) is 10.2 Å². The molecule has 2 aromatic carbocycles. The van der Waals surface area contributed by atoms with Crippen molar-refractivity contribution in [3.05, 3.63) is 86.6 Å². The molecule has 0 spiro atoms. The molecule has 0 unspecified atom stereocenters. The van der Waals surface area contributed by atoms with Crippen LogP contribution in [0.25, 0.3) is 0 Å². The van der Waals surface area contributed by atoms with Crippen LogP contribution >= 0.6 is 11.3 Å². The van der Waals surface area contributed by atoms with Crippen LogP contribution in [0.3, 0.4) is 0 Å². The van der Waals surface area contributed by atoms with Crippen molar-refractivity contribution in [1.29, 1.82) is 0 Å². The van der Waals surface area contributed by atoms with E-state index in [0.29, 0.717) is 6.54 Å². The third kappa shape index (κ3) is 4.02. The van der Waals surface area contributed by atoms with Crippen LogP contribution < -0.4 is 10.1 Å². The van der Waals surface area contributed by atoms with Crippen LogP contribution in [0.4, 0.5) is 4.79 Å². The number of ether oxygens (including phenoxy) is 1. The highest BCUT2D eigenvalue weighted by Gasteiger charge is 2.37. The summed E-state index contributed by atoms with van der Waals surface area (Å²) in [4.78, 5) is 18.3. The highest BCUT2D eigenvalue weighted by atomic mass is 32.1. The SMILES string of the molecule is COc1ccccc1[C@@H]1c2sc3c(c2CCN1C(=O)NCCc1ccccc1)CCCC3. The molecular weight excluding hydrogens is 416 g/mol. The minimum atomic E-state index is -0.0952. The molecule has 166 valence electrons. The highest BCUT2D eigenvalue weighted by Crippen LogP contribution is 2.46. The van der Waals surface area contributed by atoms with Crippen LogP contribution in [0.1, 0.15) is 50.9 Å². The Morgan fingerprint density at radius 3 is 2.66 bits per heavy atom. The Kier molecular flexibility index (Phi) is 6.17. The number of hydrogen-bond donors (Lipinski definition) is 1. The third-order valence-corrected chi connectivity index (χ3v) is 8.09. The number of rotatable bonds is 5. The number of thiophene rings is 1. The van der Waals surface area contributed by atoms with E-state index in [9.17, 15) is 4.79 Å². The van der Waals surface area contributed by atoms with E-state index in [0.717, 1.165) is 30.7 Å². The summed E-state index contributed by atoms with van der Waals surface area (Å²) in [5.74, 6) is 0.846. The monoisotopic (exact) mass is 446 g/mol. The van der Waals surface area contributed by atoms with Gasteiger partial charge in [-0.25, -0.2) is 4.79 Å². The van der Waals surface area contributed by atoms with E-state index in [1.54, 1.807) is 12.7 Å². The number of hydrogen-bond acceptors (Lipinski definition) is 3. The summed E-state index contributed by atoms with van der Waals surface area (Å²) in [7, 11) is 1.71. The molecule has 0 saturated carbocycles.